The van der Waals surface area contributed by atoms with Gasteiger partial charge >= 0.3 is 8.25 Å². The summed E-state index contributed by atoms with van der Waals surface area (Å²) in [6.07, 6.45) is 0.214. The summed E-state index contributed by atoms with van der Waals surface area (Å²) >= 11 is 6.25. The first-order chi connectivity index (χ1) is 17.8. The summed E-state index contributed by atoms with van der Waals surface area (Å²) in [4.78, 5) is 14.3. The van der Waals surface area contributed by atoms with Crippen LogP contribution in [0.1, 0.15) is 47.3 Å². The van der Waals surface area contributed by atoms with E-state index in [-0.39, 0.29) is 6.61 Å². The van der Waals surface area contributed by atoms with E-state index in [4.69, 9.17) is 26.1 Å². The number of nitrogens with zero attached hydrogens (tertiary/aromatic N) is 1. The molecule has 0 spiro atoms. The second kappa shape index (κ2) is 14.8. The minimum atomic E-state index is -2.52. The van der Waals surface area contributed by atoms with E-state index in [1.807, 2.05) is 73.7 Å². The fourth-order valence-corrected chi connectivity index (χ4v) is 4.05. The first-order valence-electron chi connectivity index (χ1n) is 12.0. The first-order valence-corrected chi connectivity index (χ1v) is 13.6. The molecule has 3 aromatic carbocycles. The van der Waals surface area contributed by atoms with Gasteiger partial charge in [-0.15, -0.1) is 0 Å². The molecule has 197 valence electrons. The second-order valence-corrected chi connectivity index (χ2v) is 9.89. The predicted molar refractivity (Wildman–Crippen MR) is 147 cm³/mol. The van der Waals surface area contributed by atoms with Gasteiger partial charge in [0.1, 0.15) is 12.4 Å². The summed E-state index contributed by atoms with van der Waals surface area (Å²) < 4.78 is 21.4. The number of nitrogens with one attached hydrogen (secondary N) is 1. The van der Waals surface area contributed by atoms with Crippen molar-refractivity contribution in [2.24, 2.45) is 5.16 Å². The van der Waals surface area contributed by atoms with Crippen molar-refractivity contribution in [1.82, 2.24) is 5.32 Å². The summed E-state index contributed by atoms with van der Waals surface area (Å²) in [5.74, 6) is 0.753. The van der Waals surface area contributed by atoms with Crippen LogP contribution < -0.4 is 10.1 Å². The molecule has 1 radical (unpaired) electrons. The van der Waals surface area contributed by atoms with E-state index in [0.29, 0.717) is 36.9 Å². The maximum absolute atomic E-state index is 10.5. The van der Waals surface area contributed by atoms with Gasteiger partial charge in [0.15, 0.2) is 6.10 Å². The molecule has 2 N–H and O–H groups in total. The third-order valence-corrected chi connectivity index (χ3v) is 6.39. The van der Waals surface area contributed by atoms with Gasteiger partial charge in [0.05, 0.1) is 12.3 Å². The molecule has 0 bridgehead atoms. The molecule has 0 aromatic heterocycles. The molecule has 3 rings (SSSR count). The van der Waals surface area contributed by atoms with Crippen LogP contribution in [0.2, 0.25) is 5.02 Å². The summed E-state index contributed by atoms with van der Waals surface area (Å²) in [5.41, 5.74) is 6.05. The molecular formula is C28H33ClN2O5P. The fourth-order valence-electron chi connectivity index (χ4n) is 3.57. The van der Waals surface area contributed by atoms with Gasteiger partial charge in [0.25, 0.3) is 0 Å². The lowest BCUT2D eigenvalue weighted by Gasteiger charge is -2.20. The monoisotopic (exact) mass is 543 g/mol. The molecule has 37 heavy (non-hydrogen) atoms. The quantitative estimate of drug-likeness (QED) is 0.100. The zero-order valence-electron chi connectivity index (χ0n) is 21.3. The highest BCUT2D eigenvalue weighted by atomic mass is 35.5. The topological polar surface area (TPSA) is 89.4 Å². The standard InChI is InChI=1S/C28H33ClN2O5P/c1-20-8-13-27(16-21(20)2)36-28(25-6-4-7-26(29)17-25)22(3)31-34-19-24-11-9-23(10-12-24)18-30-14-5-15-35-37(32)33/h4,6-13,16-17,28,30H,5,14-15,18-19H2,1-3H3,(H,32,33)/b31-22+. The Labute approximate surface area is 224 Å². The Morgan fingerprint density at radius 2 is 1.81 bits per heavy atom. The fraction of sp³-hybridized carbons (Fsp3) is 0.321. The van der Waals surface area contributed by atoms with Gasteiger partial charge in [-0.1, -0.05) is 59.2 Å². The molecular weight excluding hydrogens is 511 g/mol. The number of halogens is 1. The second-order valence-electron chi connectivity index (χ2n) is 8.72. The molecule has 0 heterocycles. The minimum Gasteiger partial charge on any atom is -0.480 e. The van der Waals surface area contributed by atoms with Crippen molar-refractivity contribution in [1.29, 1.82) is 0 Å². The van der Waals surface area contributed by atoms with Crippen LogP contribution in [0, 0.1) is 13.8 Å². The third kappa shape index (κ3) is 9.88. The smallest absolute Gasteiger partial charge is 0.366 e. The Bertz CT molecular complexity index is 1200. The highest BCUT2D eigenvalue weighted by molar-refractivity contribution is 7.32. The Hall–Kier alpha value is -2.80. The van der Waals surface area contributed by atoms with Crippen LogP contribution in [-0.4, -0.2) is 23.8 Å². The van der Waals surface area contributed by atoms with Crippen LogP contribution in [0.4, 0.5) is 0 Å². The van der Waals surface area contributed by atoms with E-state index >= 15 is 0 Å². The van der Waals surface area contributed by atoms with Gasteiger partial charge in [-0.3, -0.25) is 9.42 Å². The largest absolute Gasteiger partial charge is 0.480 e. The molecule has 0 aliphatic carbocycles. The van der Waals surface area contributed by atoms with E-state index < -0.39 is 14.4 Å². The number of oxime groups is 1. The molecule has 2 atom stereocenters. The number of benzene rings is 3. The molecule has 0 aliphatic heterocycles. The lowest BCUT2D eigenvalue weighted by Crippen LogP contribution is -2.17. The molecule has 0 amide bonds. The maximum Gasteiger partial charge on any atom is 0.366 e. The predicted octanol–water partition coefficient (Wildman–Crippen LogP) is 6.82. The molecule has 0 fully saturated rings. The maximum atomic E-state index is 10.5. The van der Waals surface area contributed by atoms with Crippen LogP contribution >= 0.6 is 19.9 Å². The molecule has 0 aliphatic rings. The molecule has 2 unspecified atom stereocenters. The average Bonchev–Trinajstić information content (AvgIpc) is 2.87. The van der Waals surface area contributed by atoms with Gasteiger partial charge in [0.2, 0.25) is 0 Å². The van der Waals surface area contributed by atoms with Gasteiger partial charge in [-0.25, -0.2) is 4.57 Å². The van der Waals surface area contributed by atoms with Crippen molar-refractivity contribution in [2.75, 3.05) is 13.2 Å². The van der Waals surface area contributed by atoms with Crippen molar-refractivity contribution in [3.63, 3.8) is 0 Å². The van der Waals surface area contributed by atoms with Crippen molar-refractivity contribution in [3.8, 4) is 5.75 Å². The molecule has 9 heteroatoms. The molecule has 0 saturated carbocycles. The van der Waals surface area contributed by atoms with Crippen molar-refractivity contribution in [2.45, 2.75) is 46.4 Å². The summed E-state index contributed by atoms with van der Waals surface area (Å²) in [5, 5.41) is 8.27. The van der Waals surface area contributed by atoms with E-state index in [1.165, 1.54) is 5.56 Å². The van der Waals surface area contributed by atoms with E-state index in [1.54, 1.807) is 0 Å². The number of hydrogen-bond acceptors (Lipinski definition) is 6. The normalized spacial score (nSPS) is 12.8. The van der Waals surface area contributed by atoms with Crippen molar-refractivity contribution < 1.29 is 23.6 Å². The molecule has 0 saturated heterocycles. The SMILES string of the molecule is C/C(=N\OCc1ccc(CNCCCO[P](=O)O)cc1)C(Oc1ccc(C)c(C)c1)c1cccc(Cl)c1. The van der Waals surface area contributed by atoms with Crippen LogP contribution in [0.5, 0.6) is 5.75 Å². The van der Waals surface area contributed by atoms with Gasteiger partial charge in [0, 0.05) is 11.6 Å². The number of ether oxygens (including phenoxy) is 1. The van der Waals surface area contributed by atoms with Gasteiger partial charge in [-0.2, -0.15) is 0 Å². The average molecular weight is 544 g/mol. The van der Waals surface area contributed by atoms with Crippen LogP contribution in [-0.2, 0) is 27.1 Å². The Kier molecular flexibility index (Phi) is 11.5. The Balaban J connectivity index is 1.57. The van der Waals surface area contributed by atoms with Gasteiger partial charge < -0.3 is 14.9 Å². The molecule has 3 aromatic rings. The van der Waals surface area contributed by atoms with Gasteiger partial charge in [-0.05, 0) is 85.8 Å². The summed E-state index contributed by atoms with van der Waals surface area (Å²) in [7, 11) is -2.52. The highest BCUT2D eigenvalue weighted by Gasteiger charge is 2.19. The number of aryl methyl sites for hydroxylation is 2. The highest BCUT2D eigenvalue weighted by Crippen LogP contribution is 2.27. The van der Waals surface area contributed by atoms with E-state index in [2.05, 4.69) is 28.8 Å². The lowest BCUT2D eigenvalue weighted by atomic mass is 10.1. The van der Waals surface area contributed by atoms with Crippen LogP contribution in [0.3, 0.4) is 0 Å². The first kappa shape index (κ1) is 28.8. The Morgan fingerprint density at radius 1 is 1.05 bits per heavy atom. The zero-order valence-corrected chi connectivity index (χ0v) is 23.0. The number of rotatable bonds is 14. The van der Waals surface area contributed by atoms with E-state index in [0.717, 1.165) is 28.0 Å². The van der Waals surface area contributed by atoms with Crippen molar-refractivity contribution in [3.05, 3.63) is 99.6 Å². The van der Waals surface area contributed by atoms with Crippen LogP contribution in [0.15, 0.2) is 71.9 Å². The number of hydrogen-bond donors (Lipinski definition) is 2. The van der Waals surface area contributed by atoms with Crippen molar-refractivity contribution >= 4 is 25.6 Å². The summed E-state index contributed by atoms with van der Waals surface area (Å²) in [6, 6.07) is 21.6. The third-order valence-electron chi connectivity index (χ3n) is 5.75. The lowest BCUT2D eigenvalue weighted by molar-refractivity contribution is 0.125. The van der Waals surface area contributed by atoms with Crippen LogP contribution in [0.25, 0.3) is 0 Å². The van der Waals surface area contributed by atoms with E-state index in [9.17, 15) is 4.57 Å². The Morgan fingerprint density at radius 3 is 2.51 bits per heavy atom. The molecule has 7 nitrogen and oxygen atoms in total. The minimum absolute atomic E-state index is 0.253. The zero-order chi connectivity index (χ0) is 26.6. The summed E-state index contributed by atoms with van der Waals surface area (Å²) in [6.45, 7) is 7.97.